The summed E-state index contributed by atoms with van der Waals surface area (Å²) in [6, 6.07) is 4.19. The number of halogens is 1. The van der Waals surface area contributed by atoms with Crippen LogP contribution in [0.15, 0.2) is 15.9 Å². The molecule has 5 heteroatoms. The van der Waals surface area contributed by atoms with Gasteiger partial charge < -0.3 is 5.32 Å². The highest BCUT2D eigenvalue weighted by molar-refractivity contribution is 9.11. The third-order valence-electron chi connectivity index (χ3n) is 2.62. The Morgan fingerprint density at radius 2 is 2.40 bits per heavy atom. The highest BCUT2D eigenvalue weighted by Crippen LogP contribution is 2.37. The van der Waals surface area contributed by atoms with E-state index >= 15 is 0 Å². The number of anilines is 1. The number of nitrogens with one attached hydrogen (secondary N) is 1. The number of fused-ring (bicyclic) bond motifs is 1. The molecule has 0 fully saturated rings. The molecule has 0 bridgehead atoms. The van der Waals surface area contributed by atoms with Gasteiger partial charge in [0, 0.05) is 19.2 Å². The Balaban J connectivity index is 2.17. The van der Waals surface area contributed by atoms with Gasteiger partial charge in [-0.1, -0.05) is 0 Å². The van der Waals surface area contributed by atoms with Crippen LogP contribution in [0.2, 0.25) is 0 Å². The van der Waals surface area contributed by atoms with Gasteiger partial charge in [-0.15, -0.1) is 11.3 Å². The van der Waals surface area contributed by atoms with E-state index < -0.39 is 0 Å². The molecule has 2 aromatic rings. The molecule has 0 saturated carbocycles. The van der Waals surface area contributed by atoms with Gasteiger partial charge in [-0.25, -0.2) is 0 Å². The summed E-state index contributed by atoms with van der Waals surface area (Å²) in [7, 11) is 1.99. The van der Waals surface area contributed by atoms with Crippen molar-refractivity contribution in [2.75, 3.05) is 11.9 Å². The van der Waals surface area contributed by atoms with E-state index in [1.807, 2.05) is 11.7 Å². The maximum atomic E-state index is 4.56. The fourth-order valence-electron chi connectivity index (χ4n) is 1.97. The van der Waals surface area contributed by atoms with Crippen molar-refractivity contribution in [2.24, 2.45) is 7.05 Å². The van der Waals surface area contributed by atoms with Crippen molar-refractivity contribution in [3.8, 4) is 10.6 Å². The molecule has 0 spiro atoms. The van der Waals surface area contributed by atoms with Gasteiger partial charge in [0.15, 0.2) is 0 Å². The van der Waals surface area contributed by atoms with E-state index in [1.165, 1.54) is 16.3 Å². The van der Waals surface area contributed by atoms with Gasteiger partial charge in [-0.3, -0.25) is 4.68 Å². The summed E-state index contributed by atoms with van der Waals surface area (Å²) in [5, 5.41) is 7.92. The number of rotatable bonds is 1. The minimum atomic E-state index is 1.03. The fourth-order valence-corrected chi connectivity index (χ4v) is 3.37. The molecule has 3 nitrogen and oxygen atoms in total. The smallest absolute Gasteiger partial charge is 0.127 e. The van der Waals surface area contributed by atoms with Gasteiger partial charge in [0.1, 0.15) is 11.5 Å². The molecule has 0 aromatic carbocycles. The zero-order valence-corrected chi connectivity index (χ0v) is 10.7. The maximum Gasteiger partial charge on any atom is 0.127 e. The third-order valence-corrected chi connectivity index (χ3v) is 4.25. The summed E-state index contributed by atoms with van der Waals surface area (Å²) in [6.45, 7) is 1.03. The summed E-state index contributed by atoms with van der Waals surface area (Å²) >= 11 is 5.22. The van der Waals surface area contributed by atoms with Crippen molar-refractivity contribution in [1.29, 1.82) is 0 Å². The topological polar surface area (TPSA) is 29.9 Å². The molecule has 3 heterocycles. The Morgan fingerprint density at radius 1 is 1.53 bits per heavy atom. The second kappa shape index (κ2) is 3.35. The van der Waals surface area contributed by atoms with E-state index in [1.54, 1.807) is 11.3 Å². The number of thiophene rings is 1. The van der Waals surface area contributed by atoms with E-state index in [9.17, 15) is 0 Å². The van der Waals surface area contributed by atoms with Crippen LogP contribution >= 0.6 is 27.3 Å². The van der Waals surface area contributed by atoms with E-state index in [4.69, 9.17) is 0 Å². The number of hydrogen-bond donors (Lipinski definition) is 1. The van der Waals surface area contributed by atoms with E-state index in [-0.39, 0.29) is 0 Å². The average molecular weight is 284 g/mol. The van der Waals surface area contributed by atoms with Crippen LogP contribution in [0.5, 0.6) is 0 Å². The minimum Gasteiger partial charge on any atom is -0.370 e. The molecule has 15 heavy (non-hydrogen) atoms. The van der Waals surface area contributed by atoms with E-state index in [2.05, 4.69) is 38.5 Å². The van der Waals surface area contributed by atoms with Gasteiger partial charge in [0.25, 0.3) is 0 Å². The van der Waals surface area contributed by atoms with Crippen LogP contribution in [-0.4, -0.2) is 16.3 Å². The lowest BCUT2D eigenvalue weighted by molar-refractivity contribution is 0.776. The van der Waals surface area contributed by atoms with Crippen molar-refractivity contribution in [1.82, 2.24) is 9.78 Å². The zero-order valence-electron chi connectivity index (χ0n) is 8.25. The second-order valence-corrected chi connectivity index (χ2v) is 6.04. The van der Waals surface area contributed by atoms with Crippen molar-refractivity contribution in [2.45, 2.75) is 6.42 Å². The zero-order chi connectivity index (χ0) is 10.4. The molecule has 0 saturated heterocycles. The molecule has 3 rings (SSSR count). The highest BCUT2D eigenvalue weighted by atomic mass is 79.9. The first-order chi connectivity index (χ1) is 7.25. The molecule has 0 radical (unpaired) electrons. The van der Waals surface area contributed by atoms with Crippen molar-refractivity contribution < 1.29 is 0 Å². The largest absolute Gasteiger partial charge is 0.370 e. The number of aryl methyl sites for hydroxylation is 1. The standard InChI is InChI=1S/C10H10BrN3S/c1-14-10-6(4-5-12-10)9(13-14)7-2-3-8(11)15-7/h2-3,12H,4-5H2,1H3. The van der Waals surface area contributed by atoms with Gasteiger partial charge in [0.2, 0.25) is 0 Å². The molecule has 0 unspecified atom stereocenters. The number of aromatic nitrogens is 2. The van der Waals surface area contributed by atoms with Crippen LogP contribution in [0.25, 0.3) is 10.6 Å². The monoisotopic (exact) mass is 283 g/mol. The Kier molecular flexibility index (Phi) is 2.10. The fraction of sp³-hybridized carbons (Fsp3) is 0.300. The molecular formula is C10H10BrN3S. The quantitative estimate of drug-likeness (QED) is 0.872. The summed E-state index contributed by atoms with van der Waals surface area (Å²) < 4.78 is 3.09. The maximum absolute atomic E-state index is 4.56. The van der Waals surface area contributed by atoms with Gasteiger partial charge in [-0.2, -0.15) is 5.10 Å². The molecule has 78 valence electrons. The molecule has 1 N–H and O–H groups in total. The van der Waals surface area contributed by atoms with Crippen LogP contribution in [-0.2, 0) is 13.5 Å². The van der Waals surface area contributed by atoms with Gasteiger partial charge in [-0.05, 0) is 34.5 Å². The lowest BCUT2D eigenvalue weighted by Crippen LogP contribution is -2.01. The summed E-state index contributed by atoms with van der Waals surface area (Å²) in [5.74, 6) is 1.18. The van der Waals surface area contributed by atoms with Gasteiger partial charge >= 0.3 is 0 Å². The molecule has 0 atom stereocenters. The lowest BCUT2D eigenvalue weighted by atomic mass is 10.2. The minimum absolute atomic E-state index is 1.03. The molecule has 1 aliphatic heterocycles. The van der Waals surface area contributed by atoms with E-state index in [0.29, 0.717) is 0 Å². The van der Waals surface area contributed by atoms with E-state index in [0.717, 1.165) is 22.4 Å². The van der Waals surface area contributed by atoms with Gasteiger partial charge in [0.05, 0.1) is 8.66 Å². The predicted molar refractivity (Wildman–Crippen MR) is 66.4 cm³/mol. The Labute approximate surface area is 100 Å². The Bertz CT molecular complexity index is 515. The third kappa shape index (κ3) is 1.41. The molecule has 1 aliphatic rings. The number of hydrogen-bond acceptors (Lipinski definition) is 3. The Hall–Kier alpha value is -0.810. The predicted octanol–water partition coefficient (Wildman–Crippen LogP) is 2.88. The van der Waals surface area contributed by atoms with Crippen molar-refractivity contribution in [3.63, 3.8) is 0 Å². The summed E-state index contributed by atoms with van der Waals surface area (Å²) in [5.41, 5.74) is 2.49. The summed E-state index contributed by atoms with van der Waals surface area (Å²) in [4.78, 5) is 1.24. The molecule has 0 amide bonds. The van der Waals surface area contributed by atoms with Crippen LogP contribution in [0.4, 0.5) is 5.82 Å². The highest BCUT2D eigenvalue weighted by Gasteiger charge is 2.22. The number of nitrogens with zero attached hydrogens (tertiary/aromatic N) is 2. The van der Waals surface area contributed by atoms with Crippen LogP contribution in [0.3, 0.4) is 0 Å². The molecular weight excluding hydrogens is 274 g/mol. The van der Waals surface area contributed by atoms with Crippen LogP contribution in [0.1, 0.15) is 5.56 Å². The van der Waals surface area contributed by atoms with Crippen molar-refractivity contribution >= 4 is 33.1 Å². The second-order valence-electron chi connectivity index (χ2n) is 3.58. The molecule has 2 aromatic heterocycles. The summed E-state index contributed by atoms with van der Waals surface area (Å²) in [6.07, 6.45) is 1.08. The molecule has 0 aliphatic carbocycles. The lowest BCUT2D eigenvalue weighted by Gasteiger charge is -1.96. The normalized spacial score (nSPS) is 14.0. The van der Waals surface area contributed by atoms with Crippen molar-refractivity contribution in [3.05, 3.63) is 21.5 Å². The SMILES string of the molecule is Cn1nc(-c2ccc(Br)s2)c2c1NCC2. The first-order valence-corrected chi connectivity index (χ1v) is 6.42. The first-order valence-electron chi connectivity index (χ1n) is 4.81. The average Bonchev–Trinajstić information content (AvgIpc) is 2.84. The van der Waals surface area contributed by atoms with Crippen LogP contribution < -0.4 is 5.32 Å². The first kappa shape index (κ1) is 9.42. The Morgan fingerprint density at radius 3 is 3.13 bits per heavy atom. The van der Waals surface area contributed by atoms with Crippen LogP contribution in [0, 0.1) is 0 Å².